The molecule has 21 heavy (non-hydrogen) atoms. The number of piperazine rings is 1. The number of hydrogen-bond donors (Lipinski definition) is 1. The smallest absolute Gasteiger partial charge is 0.254 e. The zero-order valence-electron chi connectivity index (χ0n) is 12.8. The second-order valence-electron chi connectivity index (χ2n) is 5.16. The second-order valence-corrected chi connectivity index (χ2v) is 5.16. The summed E-state index contributed by atoms with van der Waals surface area (Å²) in [7, 11) is 1.76. The van der Waals surface area contributed by atoms with Gasteiger partial charge < -0.3 is 15.1 Å². The van der Waals surface area contributed by atoms with Gasteiger partial charge in [0.25, 0.3) is 5.91 Å². The summed E-state index contributed by atoms with van der Waals surface area (Å²) >= 11 is 0. The first kappa shape index (κ1) is 15.3. The molecule has 0 aliphatic carbocycles. The number of aromatic nitrogens is 1. The van der Waals surface area contributed by atoms with E-state index in [4.69, 9.17) is 0 Å². The van der Waals surface area contributed by atoms with Crippen LogP contribution < -0.4 is 5.32 Å². The molecule has 1 aliphatic rings. The van der Waals surface area contributed by atoms with Crippen molar-refractivity contribution in [2.75, 3.05) is 38.5 Å². The van der Waals surface area contributed by atoms with E-state index in [0.29, 0.717) is 24.5 Å². The Morgan fingerprint density at radius 2 is 2.10 bits per heavy atom. The number of hydrogen-bond acceptors (Lipinski definition) is 4. The fourth-order valence-corrected chi connectivity index (χ4v) is 2.28. The normalized spacial score (nSPS) is 15.3. The molecule has 1 N–H and O–H groups in total. The van der Waals surface area contributed by atoms with Gasteiger partial charge in [-0.15, -0.1) is 0 Å². The van der Waals surface area contributed by atoms with E-state index in [1.807, 2.05) is 19.9 Å². The number of pyridine rings is 1. The Morgan fingerprint density at radius 1 is 1.33 bits per heavy atom. The molecule has 0 atom stereocenters. The Morgan fingerprint density at radius 3 is 2.71 bits per heavy atom. The van der Waals surface area contributed by atoms with Gasteiger partial charge >= 0.3 is 0 Å². The molecule has 0 spiro atoms. The summed E-state index contributed by atoms with van der Waals surface area (Å²) in [5.41, 5.74) is 1.47. The average Bonchev–Trinajstić information content (AvgIpc) is 2.49. The summed E-state index contributed by atoms with van der Waals surface area (Å²) in [6.07, 6.45) is 0.765. The van der Waals surface area contributed by atoms with E-state index >= 15 is 0 Å². The number of carbonyl (C=O) groups is 2. The maximum atomic E-state index is 12.6. The minimum absolute atomic E-state index is 0.0220. The van der Waals surface area contributed by atoms with E-state index in [-0.39, 0.29) is 18.4 Å². The highest BCUT2D eigenvalue weighted by molar-refractivity contribution is 5.97. The van der Waals surface area contributed by atoms with Crippen molar-refractivity contribution in [3.63, 3.8) is 0 Å². The number of carbonyl (C=O) groups excluding carboxylic acids is 2. The van der Waals surface area contributed by atoms with Gasteiger partial charge in [0.05, 0.1) is 0 Å². The molecule has 1 fully saturated rings. The number of likely N-dealkylation sites (N-methyl/N-ethyl adjacent to an activating group) is 1. The van der Waals surface area contributed by atoms with Crippen LogP contribution in [0.2, 0.25) is 0 Å². The highest BCUT2D eigenvalue weighted by atomic mass is 16.2. The van der Waals surface area contributed by atoms with Crippen LogP contribution in [0.15, 0.2) is 12.1 Å². The molecule has 0 aromatic carbocycles. The largest absolute Gasteiger partial charge is 0.370 e. The second kappa shape index (κ2) is 6.56. The lowest BCUT2D eigenvalue weighted by Gasteiger charge is -2.32. The van der Waals surface area contributed by atoms with Crippen LogP contribution >= 0.6 is 0 Å². The summed E-state index contributed by atoms with van der Waals surface area (Å²) in [5, 5.41) is 3.14. The first-order valence-electron chi connectivity index (χ1n) is 7.33. The van der Waals surface area contributed by atoms with E-state index in [9.17, 15) is 9.59 Å². The van der Waals surface area contributed by atoms with Crippen molar-refractivity contribution >= 4 is 17.6 Å². The van der Waals surface area contributed by atoms with Crippen molar-refractivity contribution in [2.24, 2.45) is 0 Å². The average molecular weight is 290 g/mol. The van der Waals surface area contributed by atoms with Crippen LogP contribution in [0.25, 0.3) is 0 Å². The Kier molecular flexibility index (Phi) is 4.77. The van der Waals surface area contributed by atoms with Crippen LogP contribution in [0.1, 0.15) is 29.9 Å². The molecule has 6 heteroatoms. The number of aryl methyl sites for hydroxylation is 1. The van der Waals surface area contributed by atoms with Gasteiger partial charge in [0, 0.05) is 37.9 Å². The fraction of sp³-hybridized carbons (Fsp3) is 0.533. The molecule has 0 bridgehead atoms. The van der Waals surface area contributed by atoms with Crippen LogP contribution in [0.4, 0.5) is 5.82 Å². The highest BCUT2D eigenvalue weighted by Gasteiger charge is 2.26. The zero-order chi connectivity index (χ0) is 15.4. The molecule has 114 valence electrons. The van der Waals surface area contributed by atoms with E-state index in [2.05, 4.69) is 10.3 Å². The fourth-order valence-electron chi connectivity index (χ4n) is 2.28. The summed E-state index contributed by atoms with van der Waals surface area (Å²) < 4.78 is 0. The molecule has 1 saturated heterocycles. The van der Waals surface area contributed by atoms with E-state index in [1.54, 1.807) is 22.9 Å². The maximum absolute atomic E-state index is 12.6. The molecule has 2 rings (SSSR count). The minimum atomic E-state index is -0.104. The molecule has 2 heterocycles. The number of rotatable bonds is 4. The van der Waals surface area contributed by atoms with E-state index < -0.39 is 0 Å². The van der Waals surface area contributed by atoms with Gasteiger partial charge in [-0.1, -0.05) is 6.92 Å². The van der Waals surface area contributed by atoms with Crippen molar-refractivity contribution in [2.45, 2.75) is 20.3 Å². The molecule has 1 aliphatic heterocycles. The van der Waals surface area contributed by atoms with Crippen molar-refractivity contribution in [1.29, 1.82) is 0 Å². The van der Waals surface area contributed by atoms with Crippen LogP contribution in [-0.2, 0) is 11.2 Å². The van der Waals surface area contributed by atoms with Crippen molar-refractivity contribution in [1.82, 2.24) is 14.8 Å². The van der Waals surface area contributed by atoms with Crippen LogP contribution in [-0.4, -0.2) is 59.8 Å². The van der Waals surface area contributed by atoms with Gasteiger partial charge in [-0.25, -0.2) is 4.98 Å². The molecular formula is C15H22N4O2. The van der Waals surface area contributed by atoms with E-state index in [1.165, 1.54) is 0 Å². The number of anilines is 1. The Balaban J connectivity index is 2.22. The number of nitrogens with one attached hydrogen (secondary N) is 1. The monoisotopic (exact) mass is 290 g/mol. The first-order chi connectivity index (χ1) is 10.0. The van der Waals surface area contributed by atoms with Gasteiger partial charge in [-0.2, -0.15) is 0 Å². The lowest BCUT2D eigenvalue weighted by molar-refractivity contribution is -0.133. The van der Waals surface area contributed by atoms with Crippen LogP contribution in [0.3, 0.4) is 0 Å². The quantitative estimate of drug-likeness (QED) is 0.898. The van der Waals surface area contributed by atoms with Crippen molar-refractivity contribution in [3.05, 3.63) is 23.4 Å². The van der Waals surface area contributed by atoms with Gasteiger partial charge in [-0.05, 0) is 25.5 Å². The van der Waals surface area contributed by atoms with Gasteiger partial charge in [0.15, 0.2) is 0 Å². The van der Waals surface area contributed by atoms with Gasteiger partial charge in [-0.3, -0.25) is 9.59 Å². The third-order valence-corrected chi connectivity index (χ3v) is 3.59. The highest BCUT2D eigenvalue weighted by Crippen LogP contribution is 2.15. The lowest BCUT2D eigenvalue weighted by atomic mass is 10.1. The molecule has 0 unspecified atom stereocenters. The number of amides is 2. The summed E-state index contributed by atoms with van der Waals surface area (Å²) in [5.74, 6) is 0.583. The van der Waals surface area contributed by atoms with Gasteiger partial charge in [0.1, 0.15) is 12.4 Å². The van der Waals surface area contributed by atoms with Gasteiger partial charge in [0.2, 0.25) is 5.91 Å². The predicted octanol–water partition coefficient (Wildman–Crippen LogP) is 0.990. The Hall–Kier alpha value is -2.11. The molecular weight excluding hydrogens is 268 g/mol. The topological polar surface area (TPSA) is 65.5 Å². The molecule has 1 aromatic rings. The molecule has 0 radical (unpaired) electrons. The SMILES string of the molecule is CCNc1cc(C(=O)N2CCN(C)C(=O)C2)cc(CC)n1. The molecule has 2 amide bonds. The van der Waals surface area contributed by atoms with Crippen molar-refractivity contribution < 1.29 is 9.59 Å². The summed E-state index contributed by atoms with van der Waals surface area (Å²) in [6.45, 7) is 6.04. The summed E-state index contributed by atoms with van der Waals surface area (Å²) in [6, 6.07) is 3.57. The maximum Gasteiger partial charge on any atom is 0.254 e. The lowest BCUT2D eigenvalue weighted by Crippen LogP contribution is -2.50. The Bertz CT molecular complexity index is 544. The molecule has 6 nitrogen and oxygen atoms in total. The molecule has 1 aromatic heterocycles. The van der Waals surface area contributed by atoms with E-state index in [0.717, 1.165) is 18.7 Å². The summed E-state index contributed by atoms with van der Waals surface area (Å²) in [4.78, 5) is 32.0. The standard InChI is InChI=1S/C15H22N4O2/c1-4-12-8-11(9-13(17-12)16-5-2)15(21)19-7-6-18(3)14(20)10-19/h8-9H,4-7,10H2,1-3H3,(H,16,17). The number of nitrogens with zero attached hydrogens (tertiary/aromatic N) is 3. The Labute approximate surface area is 125 Å². The first-order valence-corrected chi connectivity index (χ1v) is 7.33. The predicted molar refractivity (Wildman–Crippen MR) is 81.3 cm³/mol. The minimum Gasteiger partial charge on any atom is -0.370 e. The van der Waals surface area contributed by atoms with Crippen LogP contribution in [0.5, 0.6) is 0 Å². The molecule has 0 saturated carbocycles. The van der Waals surface area contributed by atoms with Crippen molar-refractivity contribution in [3.8, 4) is 0 Å². The van der Waals surface area contributed by atoms with Crippen LogP contribution in [0, 0.1) is 0 Å². The third-order valence-electron chi connectivity index (χ3n) is 3.59. The third kappa shape index (κ3) is 3.51. The zero-order valence-corrected chi connectivity index (χ0v) is 12.8.